The van der Waals surface area contributed by atoms with Gasteiger partial charge in [0, 0.05) is 25.2 Å². The number of aromatic nitrogens is 1. The Kier molecular flexibility index (Phi) is 11.1. The van der Waals surface area contributed by atoms with Crippen molar-refractivity contribution in [3.8, 4) is 5.75 Å². The van der Waals surface area contributed by atoms with Crippen LogP contribution in [-0.4, -0.2) is 75.4 Å². The largest absolute Gasteiger partial charge is 0.494 e. The van der Waals surface area contributed by atoms with E-state index in [9.17, 15) is 13.2 Å². The second-order valence-electron chi connectivity index (χ2n) is 10.0. The third kappa shape index (κ3) is 7.49. The predicted octanol–water partition coefficient (Wildman–Crippen LogP) is 5.67. The van der Waals surface area contributed by atoms with Gasteiger partial charge in [0.2, 0.25) is 10.0 Å². The number of hydrogen-bond donors (Lipinski definition) is 0. The molecule has 1 saturated carbocycles. The first-order valence-corrected chi connectivity index (χ1v) is 15.5. The van der Waals surface area contributed by atoms with E-state index in [0.29, 0.717) is 23.8 Å². The Morgan fingerprint density at radius 3 is 2.36 bits per heavy atom. The van der Waals surface area contributed by atoms with Gasteiger partial charge in [-0.3, -0.25) is 9.69 Å². The fraction of sp³-hybridized carbons (Fsp3) is 0.500. The Hall–Kier alpha value is -2.24. The molecule has 1 aromatic heterocycles. The van der Waals surface area contributed by atoms with Gasteiger partial charge in [0.1, 0.15) is 5.75 Å². The summed E-state index contributed by atoms with van der Waals surface area (Å²) in [6, 6.07) is 12.1. The molecule has 0 unspecified atom stereocenters. The predicted molar refractivity (Wildman–Crippen MR) is 161 cm³/mol. The fourth-order valence-electron chi connectivity index (χ4n) is 4.83. The van der Waals surface area contributed by atoms with Crippen LogP contribution in [0.15, 0.2) is 47.4 Å². The Balaban J connectivity index is 0.00000420. The number of fused-ring (bicyclic) bond motifs is 1. The van der Waals surface area contributed by atoms with Crippen molar-refractivity contribution in [2.75, 3.05) is 45.7 Å². The summed E-state index contributed by atoms with van der Waals surface area (Å²) in [6.45, 7) is 3.85. The van der Waals surface area contributed by atoms with Crippen LogP contribution in [0.2, 0.25) is 0 Å². The number of benzene rings is 2. The number of anilines is 1. The first kappa shape index (κ1) is 31.3. The highest BCUT2D eigenvalue weighted by molar-refractivity contribution is 7.89. The average molecular weight is 595 g/mol. The molecular weight excluding hydrogens is 556 g/mol. The zero-order valence-corrected chi connectivity index (χ0v) is 25.6. The minimum atomic E-state index is -3.62. The Labute approximate surface area is 242 Å². The molecule has 1 heterocycles. The second kappa shape index (κ2) is 13.9. The highest BCUT2D eigenvalue weighted by atomic mass is 35.5. The number of nitrogens with zero attached hydrogens (tertiary/aromatic N) is 4. The van der Waals surface area contributed by atoms with Crippen molar-refractivity contribution in [1.29, 1.82) is 0 Å². The molecule has 0 bridgehead atoms. The molecule has 11 heteroatoms. The smallest absolute Gasteiger partial charge is 0.260 e. The quantitative estimate of drug-likeness (QED) is 0.284. The Morgan fingerprint density at radius 1 is 1.03 bits per heavy atom. The van der Waals surface area contributed by atoms with Crippen molar-refractivity contribution in [1.82, 2.24) is 14.2 Å². The molecule has 4 rings (SSSR count). The molecule has 8 nitrogen and oxygen atoms in total. The van der Waals surface area contributed by atoms with Gasteiger partial charge in [-0.15, -0.1) is 12.4 Å². The molecule has 0 aliphatic heterocycles. The van der Waals surface area contributed by atoms with Gasteiger partial charge in [0.05, 0.1) is 21.7 Å². The van der Waals surface area contributed by atoms with Crippen LogP contribution in [0.4, 0.5) is 5.13 Å². The molecule has 1 amide bonds. The molecule has 0 spiro atoms. The number of thiazole rings is 1. The van der Waals surface area contributed by atoms with Gasteiger partial charge >= 0.3 is 0 Å². The Bertz CT molecular complexity index is 1340. The number of carbonyl (C=O) groups is 1. The summed E-state index contributed by atoms with van der Waals surface area (Å²) < 4.78 is 34.6. The summed E-state index contributed by atoms with van der Waals surface area (Å²) in [5, 5.41) is 0.617. The summed E-state index contributed by atoms with van der Waals surface area (Å²) in [7, 11) is 2.05. The number of rotatable bonds is 11. The van der Waals surface area contributed by atoms with Crippen LogP contribution in [0, 0.1) is 0 Å². The van der Waals surface area contributed by atoms with Crippen LogP contribution >= 0.6 is 23.7 Å². The summed E-state index contributed by atoms with van der Waals surface area (Å²) in [6.07, 6.45) is 5.83. The van der Waals surface area contributed by atoms with Crippen LogP contribution < -0.4 is 9.64 Å². The van der Waals surface area contributed by atoms with Gasteiger partial charge in [-0.25, -0.2) is 13.4 Å². The summed E-state index contributed by atoms with van der Waals surface area (Å²) in [5.41, 5.74) is 1.24. The number of ether oxygens (including phenoxy) is 1. The molecule has 1 aliphatic carbocycles. The van der Waals surface area contributed by atoms with E-state index in [2.05, 4.69) is 4.90 Å². The molecule has 3 aromatic rings. The number of carbonyl (C=O) groups excluding carboxylic acids is 1. The van der Waals surface area contributed by atoms with Gasteiger partial charge in [-0.2, -0.15) is 4.31 Å². The van der Waals surface area contributed by atoms with Crippen LogP contribution in [0.1, 0.15) is 55.8 Å². The van der Waals surface area contributed by atoms with Gasteiger partial charge in [-0.1, -0.05) is 30.6 Å². The van der Waals surface area contributed by atoms with E-state index in [1.165, 1.54) is 15.6 Å². The van der Waals surface area contributed by atoms with Crippen molar-refractivity contribution in [3.05, 3.63) is 48.0 Å². The van der Waals surface area contributed by atoms with Crippen molar-refractivity contribution in [2.45, 2.75) is 56.4 Å². The van der Waals surface area contributed by atoms with E-state index in [0.717, 1.165) is 61.0 Å². The molecular formula is C28H39ClN4O4S2. The van der Waals surface area contributed by atoms with Gasteiger partial charge in [0.15, 0.2) is 5.13 Å². The van der Waals surface area contributed by atoms with Crippen molar-refractivity contribution >= 4 is 55.0 Å². The first-order chi connectivity index (χ1) is 18.2. The lowest BCUT2D eigenvalue weighted by atomic mass is 9.96. The van der Waals surface area contributed by atoms with Crippen molar-refractivity contribution in [2.24, 2.45) is 0 Å². The number of hydrogen-bond acceptors (Lipinski definition) is 7. The Morgan fingerprint density at radius 2 is 1.72 bits per heavy atom. The van der Waals surface area contributed by atoms with E-state index >= 15 is 0 Å². The maximum absolute atomic E-state index is 13.7. The van der Waals surface area contributed by atoms with E-state index in [-0.39, 0.29) is 29.3 Å². The van der Waals surface area contributed by atoms with Crippen LogP contribution in [-0.2, 0) is 10.0 Å². The van der Waals surface area contributed by atoms with Crippen molar-refractivity contribution < 1.29 is 17.9 Å². The summed E-state index contributed by atoms with van der Waals surface area (Å²) in [5.74, 6) is 0.577. The zero-order chi connectivity index (χ0) is 27.3. The van der Waals surface area contributed by atoms with Crippen LogP contribution in [0.25, 0.3) is 10.2 Å². The highest BCUT2D eigenvalue weighted by Crippen LogP contribution is 2.33. The molecule has 0 atom stereocenters. The SMILES string of the molecule is CCOc1ccc2nc(N(CCCN(C)C)C(=O)c3ccc(S(=O)(=O)N(C)C4CCCCC4)cc3)sc2c1.Cl. The van der Waals surface area contributed by atoms with Gasteiger partial charge in [-0.05, 0) is 89.3 Å². The van der Waals surface area contributed by atoms with Crippen LogP contribution in [0.5, 0.6) is 5.75 Å². The number of sulfonamides is 1. The third-order valence-electron chi connectivity index (χ3n) is 6.99. The molecule has 1 aliphatic rings. The van der Waals surface area contributed by atoms with E-state index < -0.39 is 10.0 Å². The van der Waals surface area contributed by atoms with Gasteiger partial charge < -0.3 is 9.64 Å². The fourth-order valence-corrected chi connectivity index (χ4v) is 7.26. The molecule has 2 aromatic carbocycles. The topological polar surface area (TPSA) is 83.0 Å². The number of halogens is 1. The lowest BCUT2D eigenvalue weighted by molar-refractivity contribution is 0.0986. The molecule has 0 saturated heterocycles. The standard InChI is InChI=1S/C28H38N4O4S2.ClH/c1-5-36-23-14-17-25-26(20-23)37-28(29-25)32(19-9-18-30(2)3)27(33)21-12-15-24(16-13-21)38(34,35)31(4)22-10-7-6-8-11-22;/h12-17,20,22H,5-11,18-19H2,1-4H3;1H. The maximum Gasteiger partial charge on any atom is 0.260 e. The first-order valence-electron chi connectivity index (χ1n) is 13.3. The average Bonchev–Trinajstić information content (AvgIpc) is 3.34. The van der Waals surface area contributed by atoms with E-state index in [1.54, 1.807) is 36.2 Å². The maximum atomic E-state index is 13.7. The molecule has 39 heavy (non-hydrogen) atoms. The minimum absolute atomic E-state index is 0. The van der Waals surface area contributed by atoms with E-state index in [4.69, 9.17) is 9.72 Å². The molecule has 214 valence electrons. The lowest BCUT2D eigenvalue weighted by Crippen LogP contribution is -2.38. The molecule has 0 N–H and O–H groups in total. The monoisotopic (exact) mass is 594 g/mol. The number of amides is 1. The lowest BCUT2D eigenvalue weighted by Gasteiger charge is -2.30. The van der Waals surface area contributed by atoms with Gasteiger partial charge in [0.25, 0.3) is 5.91 Å². The van der Waals surface area contributed by atoms with E-state index in [1.807, 2.05) is 39.2 Å². The molecule has 0 radical (unpaired) electrons. The molecule has 1 fully saturated rings. The third-order valence-corrected chi connectivity index (χ3v) is 9.96. The highest BCUT2D eigenvalue weighted by Gasteiger charge is 2.29. The zero-order valence-electron chi connectivity index (χ0n) is 23.1. The van der Waals surface area contributed by atoms with Crippen molar-refractivity contribution in [3.63, 3.8) is 0 Å². The van der Waals surface area contributed by atoms with Crippen LogP contribution in [0.3, 0.4) is 0 Å². The minimum Gasteiger partial charge on any atom is -0.494 e. The summed E-state index contributed by atoms with van der Waals surface area (Å²) >= 11 is 1.45. The normalized spacial score (nSPS) is 14.5. The second-order valence-corrected chi connectivity index (χ2v) is 13.0. The summed E-state index contributed by atoms with van der Waals surface area (Å²) in [4.78, 5) is 22.4.